The lowest BCUT2D eigenvalue weighted by molar-refractivity contribution is 0.0489. The highest BCUT2D eigenvalue weighted by molar-refractivity contribution is 6.09. The maximum atomic E-state index is 11.7. The molecule has 0 bridgehead atoms. The van der Waals surface area contributed by atoms with Crippen LogP contribution in [-0.2, 0) is 11.1 Å². The molecular weight excluding hydrogens is 245 g/mol. The molecule has 0 saturated carbocycles. The third-order valence-corrected chi connectivity index (χ3v) is 2.47. The van der Waals surface area contributed by atoms with Gasteiger partial charge in [0.2, 0.25) is 11.7 Å². The van der Waals surface area contributed by atoms with Gasteiger partial charge in [-0.3, -0.25) is 0 Å². The van der Waals surface area contributed by atoms with Gasteiger partial charge in [-0.1, -0.05) is 0 Å². The van der Waals surface area contributed by atoms with Crippen LogP contribution in [-0.4, -0.2) is 30.5 Å². The van der Waals surface area contributed by atoms with Crippen molar-refractivity contribution in [1.82, 2.24) is 4.98 Å². The summed E-state index contributed by atoms with van der Waals surface area (Å²) in [6, 6.07) is 6.28. The average Bonchev–Trinajstić information content (AvgIpc) is 2.84. The highest BCUT2D eigenvalue weighted by Crippen LogP contribution is 2.24. The van der Waals surface area contributed by atoms with Crippen LogP contribution in [0.2, 0.25) is 0 Å². The van der Waals surface area contributed by atoms with Crippen molar-refractivity contribution in [3.63, 3.8) is 0 Å². The third kappa shape index (κ3) is 2.78. The number of carbonyl (C=O) groups is 1. The third-order valence-electron chi connectivity index (χ3n) is 2.47. The van der Waals surface area contributed by atoms with Crippen molar-refractivity contribution < 1.29 is 19.1 Å². The predicted octanol–water partition coefficient (Wildman–Crippen LogP) is 1.89. The van der Waals surface area contributed by atoms with Crippen LogP contribution in [0.25, 0.3) is 11.5 Å². The van der Waals surface area contributed by atoms with Crippen LogP contribution in [0, 0.1) is 0 Å². The van der Waals surface area contributed by atoms with Gasteiger partial charge in [-0.2, -0.15) is 0 Å². The van der Waals surface area contributed by atoms with Crippen LogP contribution in [0.15, 0.2) is 28.7 Å². The van der Waals surface area contributed by atoms with Gasteiger partial charge in [0.25, 0.3) is 0 Å². The Labute approximate surface area is 111 Å². The van der Waals surface area contributed by atoms with E-state index in [4.69, 9.17) is 17.0 Å². The second-order valence-corrected chi connectivity index (χ2v) is 3.77. The summed E-state index contributed by atoms with van der Waals surface area (Å²) in [6.07, 6.45) is 0.0791. The number of rotatable bonds is 4. The van der Waals surface area contributed by atoms with Crippen LogP contribution in [0.5, 0.6) is 5.75 Å². The number of benzene rings is 1. The van der Waals surface area contributed by atoms with E-state index in [-0.39, 0.29) is 30.3 Å². The van der Waals surface area contributed by atoms with Crippen molar-refractivity contribution >= 4 is 13.8 Å². The fourth-order valence-electron chi connectivity index (χ4n) is 1.57. The van der Waals surface area contributed by atoms with E-state index in [0.717, 1.165) is 0 Å². The zero-order valence-corrected chi connectivity index (χ0v) is 10.4. The van der Waals surface area contributed by atoms with Crippen LogP contribution in [0.3, 0.4) is 0 Å². The normalized spacial score (nSPS) is 10.4. The molecule has 2 aromatic rings. The minimum absolute atomic E-state index is 0.0208. The maximum Gasteiger partial charge on any atom is 0.376 e. The molecule has 0 spiro atoms. The van der Waals surface area contributed by atoms with E-state index in [2.05, 4.69) is 4.98 Å². The molecule has 6 heteroatoms. The quantitative estimate of drug-likeness (QED) is 0.668. The zero-order chi connectivity index (χ0) is 13.8. The lowest BCUT2D eigenvalue weighted by Crippen LogP contribution is -2.06. The van der Waals surface area contributed by atoms with Gasteiger partial charge in [0.1, 0.15) is 5.75 Å². The molecule has 96 valence electrons. The Bertz CT molecular complexity index is 577. The van der Waals surface area contributed by atoms with Crippen LogP contribution in [0.4, 0.5) is 0 Å². The maximum absolute atomic E-state index is 11.7. The highest BCUT2D eigenvalue weighted by atomic mass is 16.5. The van der Waals surface area contributed by atoms with Gasteiger partial charge in [0.05, 0.1) is 20.1 Å². The molecule has 0 aliphatic carbocycles. The van der Waals surface area contributed by atoms with E-state index in [1.54, 1.807) is 19.1 Å². The molecule has 1 aromatic heterocycles. The van der Waals surface area contributed by atoms with Crippen molar-refractivity contribution in [3.05, 3.63) is 35.7 Å². The van der Waals surface area contributed by atoms with E-state index in [1.165, 1.54) is 12.1 Å². The molecule has 0 unspecified atom stereocenters. The molecule has 1 heterocycles. The van der Waals surface area contributed by atoms with E-state index in [1.807, 2.05) is 0 Å². The van der Waals surface area contributed by atoms with E-state index in [9.17, 15) is 9.90 Å². The molecule has 0 aliphatic rings. The molecule has 1 aromatic carbocycles. The zero-order valence-electron chi connectivity index (χ0n) is 10.4. The summed E-state index contributed by atoms with van der Waals surface area (Å²) < 4.78 is 10.3. The molecule has 2 radical (unpaired) electrons. The van der Waals surface area contributed by atoms with Crippen molar-refractivity contribution in [2.24, 2.45) is 0 Å². The van der Waals surface area contributed by atoms with Gasteiger partial charge >= 0.3 is 5.97 Å². The molecule has 19 heavy (non-hydrogen) atoms. The first kappa shape index (κ1) is 13.2. The van der Waals surface area contributed by atoms with Gasteiger partial charge < -0.3 is 14.3 Å². The molecule has 5 nitrogen and oxygen atoms in total. The monoisotopic (exact) mass is 257 g/mol. The van der Waals surface area contributed by atoms with Crippen LogP contribution < -0.4 is 0 Å². The first-order chi connectivity index (χ1) is 9.15. The Hall–Kier alpha value is -2.24. The summed E-state index contributed by atoms with van der Waals surface area (Å²) >= 11 is 0. The van der Waals surface area contributed by atoms with Gasteiger partial charge in [0, 0.05) is 5.56 Å². The lowest BCUT2D eigenvalue weighted by Gasteiger charge is -1.98. The van der Waals surface area contributed by atoms with Crippen molar-refractivity contribution in [2.45, 2.75) is 13.2 Å². The second-order valence-electron chi connectivity index (χ2n) is 3.77. The molecule has 0 atom stereocenters. The molecule has 0 saturated heterocycles. The second kappa shape index (κ2) is 5.60. The number of ether oxygens (including phenoxy) is 1. The topological polar surface area (TPSA) is 72.6 Å². The minimum Gasteiger partial charge on any atom is -0.508 e. The number of hydrogen-bond acceptors (Lipinski definition) is 5. The summed E-state index contributed by atoms with van der Waals surface area (Å²) in [5.41, 5.74) is 0.990. The number of hydrogen-bond donors (Lipinski definition) is 1. The summed E-state index contributed by atoms with van der Waals surface area (Å²) in [4.78, 5) is 15.8. The number of nitrogens with zero attached hydrogens (tertiary/aromatic N) is 1. The number of phenols is 1. The van der Waals surface area contributed by atoms with Crippen molar-refractivity contribution in [1.29, 1.82) is 0 Å². The number of esters is 1. The Kier molecular flexibility index (Phi) is 3.89. The number of phenolic OH excluding ortho intramolecular Hbond substituents is 1. The molecule has 0 amide bonds. The van der Waals surface area contributed by atoms with Gasteiger partial charge in [-0.25, -0.2) is 9.78 Å². The first-order valence-electron chi connectivity index (χ1n) is 5.82. The Morgan fingerprint density at radius 3 is 2.68 bits per heavy atom. The highest BCUT2D eigenvalue weighted by Gasteiger charge is 2.20. The first-order valence-corrected chi connectivity index (χ1v) is 5.82. The summed E-state index contributed by atoms with van der Waals surface area (Å²) in [7, 11) is 5.53. The van der Waals surface area contributed by atoms with Crippen LogP contribution >= 0.6 is 0 Å². The molecule has 2 rings (SSSR count). The average molecular weight is 257 g/mol. The Balaban J connectivity index is 2.38. The largest absolute Gasteiger partial charge is 0.508 e. The van der Waals surface area contributed by atoms with E-state index in [0.29, 0.717) is 11.3 Å². The Morgan fingerprint density at radius 2 is 2.11 bits per heavy atom. The summed E-state index contributed by atoms with van der Waals surface area (Å²) in [5, 5.41) is 9.22. The lowest BCUT2D eigenvalue weighted by atomic mass is 10.0. The fraction of sp³-hybridized carbons (Fsp3) is 0.231. The van der Waals surface area contributed by atoms with Gasteiger partial charge in [-0.05, 0) is 37.5 Å². The van der Waals surface area contributed by atoms with E-state index < -0.39 is 5.97 Å². The van der Waals surface area contributed by atoms with Gasteiger partial charge in [-0.15, -0.1) is 0 Å². The molecule has 0 aliphatic heterocycles. The van der Waals surface area contributed by atoms with E-state index >= 15 is 0 Å². The number of aromatic nitrogens is 1. The number of oxazole rings is 1. The standard InChI is InChI=1S/C13H12BNO4/c1-2-18-13(17)11-10(7-14)15-12(19-11)8-3-5-9(16)6-4-8/h3-6,16H,2,7H2,1H3. The molecule has 0 fully saturated rings. The summed E-state index contributed by atoms with van der Waals surface area (Å²) in [5.74, 6) is -0.156. The number of aromatic hydroxyl groups is 1. The molecule has 1 N–H and O–H groups in total. The van der Waals surface area contributed by atoms with Crippen molar-refractivity contribution in [2.75, 3.05) is 6.61 Å². The summed E-state index contributed by atoms with van der Waals surface area (Å²) in [6.45, 7) is 1.95. The van der Waals surface area contributed by atoms with Crippen molar-refractivity contribution in [3.8, 4) is 17.2 Å². The Morgan fingerprint density at radius 1 is 1.42 bits per heavy atom. The smallest absolute Gasteiger partial charge is 0.376 e. The predicted molar refractivity (Wildman–Crippen MR) is 69.0 cm³/mol. The molecular formula is C13H12BNO4. The minimum atomic E-state index is -0.583. The SMILES string of the molecule is [B]Cc1nc(-c2ccc(O)cc2)oc1C(=O)OCC. The van der Waals surface area contributed by atoms with Gasteiger partial charge in [0.15, 0.2) is 0 Å². The van der Waals surface area contributed by atoms with Crippen LogP contribution in [0.1, 0.15) is 23.2 Å². The number of carbonyl (C=O) groups excluding carboxylic acids is 1. The fourth-order valence-corrected chi connectivity index (χ4v) is 1.57.